The first kappa shape index (κ1) is 18.2. The van der Waals surface area contributed by atoms with E-state index in [0.29, 0.717) is 6.04 Å². The van der Waals surface area contributed by atoms with Crippen LogP contribution in [0.5, 0.6) is 0 Å². The highest BCUT2D eigenvalue weighted by Crippen LogP contribution is 2.11. The Morgan fingerprint density at radius 1 is 1.00 bits per heavy atom. The summed E-state index contributed by atoms with van der Waals surface area (Å²) >= 11 is 0. The van der Waals surface area contributed by atoms with E-state index in [0.717, 1.165) is 32.0 Å². The van der Waals surface area contributed by atoms with Crippen molar-refractivity contribution in [3.8, 4) is 0 Å². The molecule has 1 N–H and O–H groups in total. The van der Waals surface area contributed by atoms with E-state index in [1.807, 2.05) is 0 Å². The second-order valence-electron chi connectivity index (χ2n) is 6.73. The summed E-state index contributed by atoms with van der Waals surface area (Å²) in [5.41, 5.74) is 2.86. The van der Waals surface area contributed by atoms with Crippen LogP contribution >= 0.6 is 0 Å². The van der Waals surface area contributed by atoms with Gasteiger partial charge in [-0.15, -0.1) is 0 Å². The van der Waals surface area contributed by atoms with Crippen molar-refractivity contribution >= 4 is 0 Å². The van der Waals surface area contributed by atoms with Crippen LogP contribution in [0.15, 0.2) is 24.3 Å². The average Bonchev–Trinajstić information content (AvgIpc) is 2.44. The lowest BCUT2D eigenvalue weighted by Gasteiger charge is -2.26. The monoisotopic (exact) mass is 290 g/mol. The van der Waals surface area contributed by atoms with Gasteiger partial charge in [0.05, 0.1) is 0 Å². The van der Waals surface area contributed by atoms with Crippen LogP contribution in [-0.2, 0) is 13.0 Å². The van der Waals surface area contributed by atoms with E-state index < -0.39 is 0 Å². The van der Waals surface area contributed by atoms with Gasteiger partial charge in [-0.3, -0.25) is 4.90 Å². The van der Waals surface area contributed by atoms with Crippen molar-refractivity contribution in [1.29, 1.82) is 0 Å². The molecule has 0 amide bonds. The number of nitrogens with one attached hydrogen (secondary N) is 1. The predicted molar refractivity (Wildman–Crippen MR) is 93.7 cm³/mol. The molecule has 0 saturated carbocycles. The van der Waals surface area contributed by atoms with Crippen molar-refractivity contribution in [1.82, 2.24) is 10.2 Å². The normalized spacial score (nSPS) is 11.8. The molecule has 2 heteroatoms. The standard InChI is InChI=1S/C19H34N2/c1-6-13-21(17(4)5)15-19-9-7-18(8-10-19)11-12-20-14-16(2)3/h7-10,16-17,20H,6,11-15H2,1-5H3. The van der Waals surface area contributed by atoms with E-state index in [9.17, 15) is 0 Å². The van der Waals surface area contributed by atoms with E-state index in [1.165, 1.54) is 24.1 Å². The molecule has 0 aliphatic carbocycles. The van der Waals surface area contributed by atoms with E-state index in [2.05, 4.69) is 69.1 Å². The third-order valence-corrected chi connectivity index (χ3v) is 3.79. The number of hydrogen-bond donors (Lipinski definition) is 1. The lowest BCUT2D eigenvalue weighted by molar-refractivity contribution is 0.213. The summed E-state index contributed by atoms with van der Waals surface area (Å²) in [4.78, 5) is 2.54. The highest BCUT2D eigenvalue weighted by atomic mass is 15.1. The van der Waals surface area contributed by atoms with Gasteiger partial charge in [0.25, 0.3) is 0 Å². The molecule has 1 aromatic carbocycles. The van der Waals surface area contributed by atoms with Gasteiger partial charge in [0.1, 0.15) is 0 Å². The van der Waals surface area contributed by atoms with Crippen molar-refractivity contribution in [2.24, 2.45) is 5.92 Å². The van der Waals surface area contributed by atoms with Crippen LogP contribution in [0.2, 0.25) is 0 Å². The van der Waals surface area contributed by atoms with Crippen LogP contribution in [0.3, 0.4) is 0 Å². The Morgan fingerprint density at radius 2 is 1.62 bits per heavy atom. The Labute approximate surface area is 131 Å². The Hall–Kier alpha value is -0.860. The minimum atomic E-state index is 0.616. The smallest absolute Gasteiger partial charge is 0.0236 e. The van der Waals surface area contributed by atoms with Crippen LogP contribution in [0.1, 0.15) is 52.2 Å². The molecule has 0 spiro atoms. The van der Waals surface area contributed by atoms with Gasteiger partial charge in [0, 0.05) is 12.6 Å². The number of benzene rings is 1. The summed E-state index contributed by atoms with van der Waals surface area (Å²) in [5, 5.41) is 3.50. The third kappa shape index (κ3) is 7.63. The Morgan fingerprint density at radius 3 is 2.14 bits per heavy atom. The van der Waals surface area contributed by atoms with Gasteiger partial charge >= 0.3 is 0 Å². The van der Waals surface area contributed by atoms with Crippen molar-refractivity contribution < 1.29 is 0 Å². The molecule has 0 aliphatic heterocycles. The molecular weight excluding hydrogens is 256 g/mol. The van der Waals surface area contributed by atoms with Gasteiger partial charge in [-0.05, 0) is 63.4 Å². The minimum absolute atomic E-state index is 0.616. The van der Waals surface area contributed by atoms with E-state index in [1.54, 1.807) is 0 Å². The van der Waals surface area contributed by atoms with Gasteiger partial charge in [0.15, 0.2) is 0 Å². The van der Waals surface area contributed by atoms with Crippen LogP contribution in [0.4, 0.5) is 0 Å². The highest BCUT2D eigenvalue weighted by molar-refractivity contribution is 5.22. The summed E-state index contributed by atoms with van der Waals surface area (Å²) in [6, 6.07) is 9.78. The maximum absolute atomic E-state index is 3.50. The van der Waals surface area contributed by atoms with Gasteiger partial charge in [-0.25, -0.2) is 0 Å². The molecule has 0 heterocycles. The van der Waals surface area contributed by atoms with Crippen molar-refractivity contribution in [2.45, 2.75) is 60.0 Å². The molecule has 0 unspecified atom stereocenters. The average molecular weight is 290 g/mol. The molecule has 0 aromatic heterocycles. The quantitative estimate of drug-likeness (QED) is 0.653. The number of rotatable bonds is 10. The van der Waals surface area contributed by atoms with E-state index in [-0.39, 0.29) is 0 Å². The molecule has 1 rings (SSSR count). The largest absolute Gasteiger partial charge is 0.316 e. The SMILES string of the molecule is CCCN(Cc1ccc(CCNCC(C)C)cc1)C(C)C. The van der Waals surface area contributed by atoms with Crippen LogP contribution < -0.4 is 5.32 Å². The molecule has 0 fully saturated rings. The maximum atomic E-state index is 3.50. The zero-order valence-electron chi connectivity index (χ0n) is 14.7. The second-order valence-corrected chi connectivity index (χ2v) is 6.73. The van der Waals surface area contributed by atoms with Crippen LogP contribution in [0.25, 0.3) is 0 Å². The highest BCUT2D eigenvalue weighted by Gasteiger charge is 2.08. The maximum Gasteiger partial charge on any atom is 0.0236 e. The molecule has 2 nitrogen and oxygen atoms in total. The number of nitrogens with zero attached hydrogens (tertiary/aromatic N) is 1. The fourth-order valence-electron chi connectivity index (χ4n) is 2.48. The Bertz CT molecular complexity index is 368. The fraction of sp³-hybridized carbons (Fsp3) is 0.684. The summed E-state index contributed by atoms with van der Waals surface area (Å²) in [6.07, 6.45) is 2.34. The van der Waals surface area contributed by atoms with E-state index >= 15 is 0 Å². The Balaban J connectivity index is 2.42. The fourth-order valence-corrected chi connectivity index (χ4v) is 2.48. The van der Waals surface area contributed by atoms with Gasteiger partial charge < -0.3 is 5.32 Å². The Kier molecular flexibility index (Phi) is 8.63. The zero-order valence-corrected chi connectivity index (χ0v) is 14.7. The first-order chi connectivity index (χ1) is 10.0. The second kappa shape index (κ2) is 9.97. The molecule has 21 heavy (non-hydrogen) atoms. The van der Waals surface area contributed by atoms with Gasteiger partial charge in [0.2, 0.25) is 0 Å². The van der Waals surface area contributed by atoms with Crippen molar-refractivity contribution in [3.05, 3.63) is 35.4 Å². The molecule has 0 bridgehead atoms. The first-order valence-electron chi connectivity index (χ1n) is 8.55. The lowest BCUT2D eigenvalue weighted by Crippen LogP contribution is -2.30. The first-order valence-corrected chi connectivity index (χ1v) is 8.55. The van der Waals surface area contributed by atoms with Crippen LogP contribution in [0, 0.1) is 5.92 Å². The zero-order chi connectivity index (χ0) is 15.7. The molecule has 120 valence electrons. The van der Waals surface area contributed by atoms with Crippen molar-refractivity contribution in [2.75, 3.05) is 19.6 Å². The molecule has 0 radical (unpaired) electrons. The minimum Gasteiger partial charge on any atom is -0.316 e. The molecule has 0 saturated heterocycles. The van der Waals surface area contributed by atoms with Crippen molar-refractivity contribution in [3.63, 3.8) is 0 Å². The van der Waals surface area contributed by atoms with E-state index in [4.69, 9.17) is 0 Å². The molecular formula is C19H34N2. The lowest BCUT2D eigenvalue weighted by atomic mass is 10.1. The molecule has 0 aliphatic rings. The summed E-state index contributed by atoms with van der Waals surface area (Å²) in [5.74, 6) is 0.730. The van der Waals surface area contributed by atoms with Gasteiger partial charge in [-0.1, -0.05) is 45.0 Å². The number of hydrogen-bond acceptors (Lipinski definition) is 2. The third-order valence-electron chi connectivity index (χ3n) is 3.79. The summed E-state index contributed by atoms with van der Waals surface area (Å²) in [6.45, 7) is 15.7. The van der Waals surface area contributed by atoms with Gasteiger partial charge in [-0.2, -0.15) is 0 Å². The summed E-state index contributed by atoms with van der Waals surface area (Å²) in [7, 11) is 0. The summed E-state index contributed by atoms with van der Waals surface area (Å²) < 4.78 is 0. The molecule has 0 atom stereocenters. The van der Waals surface area contributed by atoms with Crippen LogP contribution in [-0.4, -0.2) is 30.6 Å². The topological polar surface area (TPSA) is 15.3 Å². The molecule has 1 aromatic rings. The predicted octanol–water partition coefficient (Wildman–Crippen LogP) is 4.10.